The van der Waals surface area contributed by atoms with Crippen LogP contribution in [0.4, 0.5) is 15.1 Å². The van der Waals surface area contributed by atoms with Gasteiger partial charge in [0.25, 0.3) is 0 Å². The Morgan fingerprint density at radius 1 is 1.16 bits per heavy atom. The number of benzene rings is 2. The number of amides is 1. The number of aliphatic hydroxyl groups excluding tert-OH is 1. The highest BCUT2D eigenvalue weighted by molar-refractivity contribution is 6.01. The number of hydrogen-bond acceptors (Lipinski definition) is 7. The first kappa shape index (κ1) is 27.8. The van der Waals surface area contributed by atoms with Crippen LogP contribution in [0.2, 0.25) is 0 Å². The Kier molecular flexibility index (Phi) is 9.76. The Morgan fingerprint density at radius 3 is 2.59 bits per heavy atom. The first-order valence-corrected chi connectivity index (χ1v) is 12.0. The van der Waals surface area contributed by atoms with Crippen molar-refractivity contribution in [3.05, 3.63) is 71.7 Å². The van der Waals surface area contributed by atoms with Gasteiger partial charge in [-0.25, -0.2) is 9.18 Å². The second kappa shape index (κ2) is 13.0. The minimum atomic E-state index is -0.697. The quantitative estimate of drug-likeness (QED) is 0.211. The number of aromatic nitrogens is 1. The summed E-state index contributed by atoms with van der Waals surface area (Å²) in [6.45, 7) is 7.69. The molecule has 0 aliphatic carbocycles. The molecule has 3 aromatic rings. The lowest BCUT2D eigenvalue weighted by atomic mass is 9.95. The van der Waals surface area contributed by atoms with Crippen LogP contribution in [0.15, 0.2) is 64.1 Å². The van der Waals surface area contributed by atoms with Gasteiger partial charge in [-0.2, -0.15) is 0 Å². The van der Waals surface area contributed by atoms with Crippen molar-refractivity contribution in [3.8, 4) is 11.1 Å². The molecule has 3 N–H and O–H groups in total. The predicted molar refractivity (Wildman–Crippen MR) is 139 cm³/mol. The standard InChI is InChI=1S/C27H33FN4O5/c1-18(20-10-11-21(22(28)16-20)19-8-6-5-7-9-19)23-17-24(37-32-23)30-25(29-12-14-35-15-13-33)31-26(34)36-27(2,3)4/h5-11,16-18,33H,12-15H2,1-4H3,(H2,29,30,31,34). The predicted octanol–water partition coefficient (Wildman–Crippen LogP) is 4.93. The molecule has 0 spiro atoms. The van der Waals surface area contributed by atoms with Gasteiger partial charge in [0.2, 0.25) is 11.8 Å². The van der Waals surface area contributed by atoms with Crippen molar-refractivity contribution in [2.75, 3.05) is 31.7 Å². The fraction of sp³-hybridized carbons (Fsp3) is 0.370. The van der Waals surface area contributed by atoms with Crippen molar-refractivity contribution in [2.45, 2.75) is 39.2 Å². The number of rotatable bonds is 9. The Labute approximate surface area is 215 Å². The number of ether oxygens (including phenoxy) is 2. The van der Waals surface area contributed by atoms with E-state index in [4.69, 9.17) is 19.1 Å². The maximum absolute atomic E-state index is 14.9. The smallest absolute Gasteiger partial charge is 0.414 e. The van der Waals surface area contributed by atoms with Crippen LogP contribution in [0.3, 0.4) is 0 Å². The van der Waals surface area contributed by atoms with Gasteiger partial charge in [0.05, 0.1) is 32.1 Å². The average molecular weight is 513 g/mol. The highest BCUT2D eigenvalue weighted by Crippen LogP contribution is 2.30. The van der Waals surface area contributed by atoms with E-state index in [-0.39, 0.29) is 49.9 Å². The summed E-state index contributed by atoms with van der Waals surface area (Å²) in [7, 11) is 0. The molecule has 1 heterocycles. The van der Waals surface area contributed by atoms with E-state index in [1.807, 2.05) is 43.3 Å². The Balaban J connectivity index is 1.71. The minimum Gasteiger partial charge on any atom is -0.444 e. The number of anilines is 1. The Hall–Kier alpha value is -3.76. The number of nitrogens with zero attached hydrogens (tertiary/aromatic N) is 2. The first-order valence-electron chi connectivity index (χ1n) is 12.0. The largest absolute Gasteiger partial charge is 0.444 e. The molecule has 1 atom stereocenters. The van der Waals surface area contributed by atoms with Crippen LogP contribution in [0, 0.1) is 5.82 Å². The number of hydrogen-bond donors (Lipinski definition) is 3. The van der Waals surface area contributed by atoms with E-state index < -0.39 is 11.7 Å². The van der Waals surface area contributed by atoms with Gasteiger partial charge in [0.1, 0.15) is 11.4 Å². The van der Waals surface area contributed by atoms with Gasteiger partial charge in [0, 0.05) is 17.5 Å². The Morgan fingerprint density at radius 2 is 1.92 bits per heavy atom. The zero-order chi connectivity index (χ0) is 26.8. The van der Waals surface area contributed by atoms with E-state index in [0.717, 1.165) is 11.1 Å². The summed E-state index contributed by atoms with van der Waals surface area (Å²) in [5, 5.41) is 18.4. The monoisotopic (exact) mass is 512 g/mol. The molecule has 198 valence electrons. The molecule has 0 saturated carbocycles. The van der Waals surface area contributed by atoms with Crippen molar-refractivity contribution in [1.82, 2.24) is 10.5 Å². The Bertz CT molecular complexity index is 1190. The van der Waals surface area contributed by atoms with Crippen molar-refractivity contribution >= 4 is 17.9 Å². The normalized spacial score (nSPS) is 12.8. The topological polar surface area (TPSA) is 118 Å². The number of halogens is 1. The van der Waals surface area contributed by atoms with E-state index in [1.165, 1.54) is 6.07 Å². The summed E-state index contributed by atoms with van der Waals surface area (Å²) in [4.78, 5) is 16.5. The summed E-state index contributed by atoms with van der Waals surface area (Å²) in [6, 6.07) is 16.1. The van der Waals surface area contributed by atoms with E-state index >= 15 is 0 Å². The number of carbonyl (C=O) groups excluding carboxylic acids is 1. The molecule has 2 aromatic carbocycles. The highest BCUT2D eigenvalue weighted by atomic mass is 19.1. The summed E-state index contributed by atoms with van der Waals surface area (Å²) in [5.41, 5.74) is 1.94. The summed E-state index contributed by atoms with van der Waals surface area (Å²) >= 11 is 0. The first-order chi connectivity index (χ1) is 17.7. The molecular weight excluding hydrogens is 479 g/mol. The van der Waals surface area contributed by atoms with Crippen LogP contribution >= 0.6 is 0 Å². The molecule has 0 fully saturated rings. The highest BCUT2D eigenvalue weighted by Gasteiger charge is 2.20. The van der Waals surface area contributed by atoms with Crippen LogP contribution < -0.4 is 10.6 Å². The maximum atomic E-state index is 14.9. The molecule has 37 heavy (non-hydrogen) atoms. The second-order valence-corrected chi connectivity index (χ2v) is 9.26. The third-order valence-corrected chi connectivity index (χ3v) is 5.15. The number of aliphatic hydroxyl groups is 1. The zero-order valence-corrected chi connectivity index (χ0v) is 21.5. The van der Waals surface area contributed by atoms with Crippen molar-refractivity contribution in [2.24, 2.45) is 4.99 Å². The van der Waals surface area contributed by atoms with Gasteiger partial charge >= 0.3 is 6.09 Å². The van der Waals surface area contributed by atoms with Gasteiger partial charge in [-0.1, -0.05) is 54.5 Å². The van der Waals surface area contributed by atoms with Crippen LogP contribution in [0.1, 0.15) is 44.9 Å². The van der Waals surface area contributed by atoms with Gasteiger partial charge in [-0.15, -0.1) is 0 Å². The third-order valence-electron chi connectivity index (χ3n) is 5.15. The van der Waals surface area contributed by atoms with Crippen molar-refractivity contribution < 1.29 is 28.3 Å². The molecule has 0 aliphatic rings. The van der Waals surface area contributed by atoms with E-state index in [2.05, 4.69) is 20.8 Å². The maximum Gasteiger partial charge on any atom is 0.414 e. The minimum absolute atomic E-state index is 0.0791. The van der Waals surface area contributed by atoms with Gasteiger partial charge in [-0.05, 0) is 38.0 Å². The summed E-state index contributed by atoms with van der Waals surface area (Å²) < 4.78 is 30.8. The van der Waals surface area contributed by atoms with Gasteiger partial charge in [-0.3, -0.25) is 15.6 Å². The summed E-state index contributed by atoms with van der Waals surface area (Å²) in [6.07, 6.45) is -0.697. The lowest BCUT2D eigenvalue weighted by Gasteiger charge is -2.20. The molecule has 0 aliphatic heterocycles. The van der Waals surface area contributed by atoms with Crippen LogP contribution in [0.25, 0.3) is 11.1 Å². The molecule has 0 radical (unpaired) electrons. The van der Waals surface area contributed by atoms with Crippen molar-refractivity contribution in [3.63, 3.8) is 0 Å². The molecular formula is C27H33FN4O5. The number of guanidine groups is 1. The van der Waals surface area contributed by atoms with Gasteiger partial charge in [0.15, 0.2) is 0 Å². The molecule has 0 saturated heterocycles. The number of carbonyl (C=O) groups is 1. The average Bonchev–Trinajstić information content (AvgIpc) is 3.31. The van der Waals surface area contributed by atoms with Gasteiger partial charge < -0.3 is 19.1 Å². The molecule has 1 amide bonds. The molecule has 9 nitrogen and oxygen atoms in total. The molecule has 3 rings (SSSR count). The number of alkyl carbamates (subject to hydrolysis) is 1. The van der Waals surface area contributed by atoms with E-state index in [9.17, 15) is 9.18 Å². The number of aliphatic imine (C=N–C) groups is 1. The van der Waals surface area contributed by atoms with E-state index in [1.54, 1.807) is 32.9 Å². The fourth-order valence-corrected chi connectivity index (χ4v) is 3.39. The van der Waals surface area contributed by atoms with Crippen LogP contribution in [-0.4, -0.2) is 54.3 Å². The third kappa shape index (κ3) is 8.69. The van der Waals surface area contributed by atoms with E-state index in [0.29, 0.717) is 11.3 Å². The second-order valence-electron chi connectivity index (χ2n) is 9.26. The number of nitrogens with one attached hydrogen (secondary N) is 2. The molecule has 1 aromatic heterocycles. The molecule has 0 bridgehead atoms. The summed E-state index contributed by atoms with van der Waals surface area (Å²) in [5.74, 6) is -0.272. The molecule has 10 heteroatoms. The fourth-order valence-electron chi connectivity index (χ4n) is 3.39. The SMILES string of the molecule is CC(c1ccc(-c2ccccc2)c(F)c1)c1cc(NC(=NCCOCCO)NC(=O)OC(C)(C)C)on1. The zero-order valence-electron chi connectivity index (χ0n) is 21.5. The lowest BCUT2D eigenvalue weighted by Crippen LogP contribution is -2.40. The van der Waals surface area contributed by atoms with Crippen LogP contribution in [0.5, 0.6) is 0 Å². The van der Waals surface area contributed by atoms with Crippen LogP contribution in [-0.2, 0) is 9.47 Å². The molecule has 1 unspecified atom stereocenters. The van der Waals surface area contributed by atoms with Crippen molar-refractivity contribution in [1.29, 1.82) is 0 Å². The lowest BCUT2D eigenvalue weighted by molar-refractivity contribution is 0.0562.